The van der Waals surface area contributed by atoms with E-state index in [-0.39, 0.29) is 6.04 Å². The summed E-state index contributed by atoms with van der Waals surface area (Å²) >= 11 is 0. The lowest BCUT2D eigenvalue weighted by molar-refractivity contribution is 0.759. The number of H-pyrrole nitrogens is 1. The molecule has 0 fully saturated rings. The van der Waals surface area contributed by atoms with Crippen molar-refractivity contribution in [1.29, 1.82) is 0 Å². The minimum absolute atomic E-state index is 0.0370. The molecule has 4 aliphatic rings. The molecular weight excluding hydrogens is 585 g/mol. The SMILES string of the molecule is C1=CC2=C(c3ccccc3)C3CC=C(N3)/C(c3ccccc3)=C3/C=CC(=N3)/C(c3ccccc3)=c3/cc/c([nH]3)=C(\c3ccccc3)C1=N2. The summed E-state index contributed by atoms with van der Waals surface area (Å²) < 4.78 is 0. The molecule has 8 bridgehead atoms. The van der Waals surface area contributed by atoms with Crippen LogP contribution >= 0.6 is 0 Å². The van der Waals surface area contributed by atoms with Gasteiger partial charge in [-0.1, -0.05) is 127 Å². The van der Waals surface area contributed by atoms with E-state index in [1.807, 2.05) is 0 Å². The lowest BCUT2D eigenvalue weighted by atomic mass is 9.95. The minimum atomic E-state index is 0.0370. The van der Waals surface area contributed by atoms with Gasteiger partial charge in [-0.25, -0.2) is 9.98 Å². The van der Waals surface area contributed by atoms with Gasteiger partial charge in [0, 0.05) is 38.7 Å². The van der Waals surface area contributed by atoms with E-state index in [1.54, 1.807) is 0 Å². The molecule has 1 atom stereocenters. The number of nitrogens with one attached hydrogen (secondary N) is 2. The van der Waals surface area contributed by atoms with Crippen LogP contribution in [0.15, 0.2) is 191 Å². The monoisotopic (exact) mass is 616 g/mol. The second-order valence-electron chi connectivity index (χ2n) is 12.3. The van der Waals surface area contributed by atoms with E-state index in [9.17, 15) is 0 Å². The third kappa shape index (κ3) is 4.95. The molecule has 1 unspecified atom stereocenters. The number of nitrogens with zero attached hydrogens (tertiary/aromatic N) is 2. The summed E-state index contributed by atoms with van der Waals surface area (Å²) in [4.78, 5) is 14.6. The number of allylic oxidation sites excluding steroid dienone is 5. The van der Waals surface area contributed by atoms with Gasteiger partial charge < -0.3 is 10.3 Å². The van der Waals surface area contributed by atoms with Crippen LogP contribution in [0.3, 0.4) is 0 Å². The molecular formula is C44H32N4. The highest BCUT2D eigenvalue weighted by Gasteiger charge is 2.29. The quantitative estimate of drug-likeness (QED) is 0.216. The molecule has 1 aromatic heterocycles. The Balaban J connectivity index is 1.38. The molecule has 4 heteroatoms. The maximum absolute atomic E-state index is 5.39. The van der Waals surface area contributed by atoms with E-state index in [0.717, 1.165) is 84.6 Å². The molecule has 5 heterocycles. The zero-order chi connectivity index (χ0) is 31.9. The van der Waals surface area contributed by atoms with Crippen molar-refractivity contribution in [3.8, 4) is 0 Å². The molecule has 4 aromatic carbocycles. The minimum Gasteiger partial charge on any atom is -0.378 e. The fourth-order valence-electron chi connectivity index (χ4n) is 7.17. The highest BCUT2D eigenvalue weighted by Crippen LogP contribution is 2.38. The van der Waals surface area contributed by atoms with Crippen LogP contribution in [0.4, 0.5) is 0 Å². The van der Waals surface area contributed by atoms with Gasteiger partial charge in [0.2, 0.25) is 0 Å². The van der Waals surface area contributed by atoms with E-state index in [1.165, 1.54) is 5.57 Å². The molecule has 5 aromatic rings. The average molecular weight is 617 g/mol. The lowest BCUT2D eigenvalue weighted by Crippen LogP contribution is -2.25. The van der Waals surface area contributed by atoms with E-state index in [2.05, 4.69) is 174 Å². The predicted molar refractivity (Wildman–Crippen MR) is 197 cm³/mol. The first-order valence-electron chi connectivity index (χ1n) is 16.5. The number of hydrogen-bond acceptors (Lipinski definition) is 3. The first kappa shape index (κ1) is 28.0. The summed E-state index contributed by atoms with van der Waals surface area (Å²) in [5.74, 6) is 0. The Kier molecular flexibility index (Phi) is 6.90. The molecule has 0 aliphatic carbocycles. The number of rotatable bonds is 4. The molecule has 0 amide bonds. The Morgan fingerprint density at radius 1 is 0.458 bits per heavy atom. The standard InChI is InChI=1S/C44H32N4/c1-5-13-29(14-6-1)41-33-21-23-35(45-33)42(30-15-7-2-8-16-30)37-25-27-39(47-37)44(32-19-11-4-12-20-32)40-28-26-38(48-40)43(31-17-9-3-10-18-31)36-24-22-34(41)46-36/h1-27,40,45,48H,28H2/b41-33-,42-35-,43-36-,44-39?. The van der Waals surface area contributed by atoms with Gasteiger partial charge in [0.05, 0.1) is 28.9 Å². The molecule has 228 valence electrons. The highest BCUT2D eigenvalue weighted by molar-refractivity contribution is 6.31. The average Bonchev–Trinajstić information content (AvgIpc) is 3.98. The smallest absolute Gasteiger partial charge is 0.0737 e. The zero-order valence-corrected chi connectivity index (χ0v) is 26.3. The number of aromatic nitrogens is 1. The zero-order valence-electron chi connectivity index (χ0n) is 26.3. The van der Waals surface area contributed by atoms with Crippen LogP contribution < -0.4 is 16.0 Å². The Morgan fingerprint density at radius 3 is 1.46 bits per heavy atom. The summed E-state index contributed by atoms with van der Waals surface area (Å²) in [6.45, 7) is 0. The summed E-state index contributed by atoms with van der Waals surface area (Å²) in [6, 6.07) is 46.7. The second kappa shape index (κ2) is 11.8. The molecule has 2 N–H and O–H groups in total. The third-order valence-corrected chi connectivity index (χ3v) is 9.33. The van der Waals surface area contributed by atoms with Crippen molar-refractivity contribution in [2.45, 2.75) is 12.5 Å². The number of hydrogen-bond donors (Lipinski definition) is 2. The maximum atomic E-state index is 5.39. The highest BCUT2D eigenvalue weighted by atomic mass is 15.0. The first-order chi connectivity index (χ1) is 23.8. The molecule has 0 radical (unpaired) electrons. The van der Waals surface area contributed by atoms with E-state index in [4.69, 9.17) is 9.98 Å². The van der Waals surface area contributed by atoms with Crippen molar-refractivity contribution in [2.75, 3.05) is 0 Å². The van der Waals surface area contributed by atoms with Crippen molar-refractivity contribution in [3.63, 3.8) is 0 Å². The number of benzene rings is 4. The van der Waals surface area contributed by atoms with E-state index in [0.29, 0.717) is 0 Å². The third-order valence-electron chi connectivity index (χ3n) is 9.33. The Bertz CT molecular complexity index is 2400. The molecule has 48 heavy (non-hydrogen) atoms. The lowest BCUT2D eigenvalue weighted by Gasteiger charge is -2.21. The Morgan fingerprint density at radius 2 is 0.917 bits per heavy atom. The van der Waals surface area contributed by atoms with Gasteiger partial charge in [-0.05, 0) is 65.1 Å². The van der Waals surface area contributed by atoms with Crippen LogP contribution in [0.25, 0.3) is 22.3 Å². The van der Waals surface area contributed by atoms with Gasteiger partial charge in [-0.15, -0.1) is 0 Å². The molecule has 9 rings (SSSR count). The Hall–Kier alpha value is -6.26. The molecule has 4 nitrogen and oxygen atoms in total. The number of aliphatic imine (C=N–C) groups is 2. The summed E-state index contributed by atoms with van der Waals surface area (Å²) in [5, 5.41) is 5.95. The largest absolute Gasteiger partial charge is 0.378 e. The van der Waals surface area contributed by atoms with Crippen LogP contribution in [-0.4, -0.2) is 22.4 Å². The topological polar surface area (TPSA) is 52.5 Å². The van der Waals surface area contributed by atoms with Crippen LogP contribution in [0.1, 0.15) is 28.7 Å². The van der Waals surface area contributed by atoms with Crippen molar-refractivity contribution in [1.82, 2.24) is 10.3 Å². The van der Waals surface area contributed by atoms with E-state index >= 15 is 0 Å². The first-order valence-corrected chi connectivity index (χ1v) is 16.5. The Labute approximate surface area is 279 Å². The van der Waals surface area contributed by atoms with Gasteiger partial charge in [-0.2, -0.15) is 0 Å². The van der Waals surface area contributed by atoms with Crippen LogP contribution in [-0.2, 0) is 0 Å². The van der Waals surface area contributed by atoms with Gasteiger partial charge >= 0.3 is 0 Å². The van der Waals surface area contributed by atoms with Crippen molar-refractivity contribution in [2.24, 2.45) is 9.98 Å². The van der Waals surface area contributed by atoms with Gasteiger partial charge in [0.15, 0.2) is 0 Å². The number of aromatic amines is 1. The van der Waals surface area contributed by atoms with Crippen LogP contribution in [0.2, 0.25) is 0 Å². The molecule has 0 saturated carbocycles. The summed E-state index contributed by atoms with van der Waals surface area (Å²) in [7, 11) is 0. The normalized spacial score (nSPS) is 22.0. The summed E-state index contributed by atoms with van der Waals surface area (Å²) in [6.07, 6.45) is 11.8. The van der Waals surface area contributed by atoms with Gasteiger partial charge in [0.1, 0.15) is 0 Å². The van der Waals surface area contributed by atoms with E-state index < -0.39 is 0 Å². The summed E-state index contributed by atoms with van der Waals surface area (Å²) in [5.41, 5.74) is 13.8. The molecule has 0 spiro atoms. The van der Waals surface area contributed by atoms with Crippen molar-refractivity contribution < 1.29 is 0 Å². The van der Waals surface area contributed by atoms with Crippen molar-refractivity contribution in [3.05, 3.63) is 214 Å². The molecule has 0 saturated heterocycles. The van der Waals surface area contributed by atoms with Crippen LogP contribution in [0.5, 0.6) is 0 Å². The molecule has 4 aliphatic heterocycles. The fraction of sp³-hybridized carbons (Fsp3) is 0.0455. The van der Waals surface area contributed by atoms with Gasteiger partial charge in [-0.3, -0.25) is 0 Å². The second-order valence-corrected chi connectivity index (χ2v) is 12.3. The van der Waals surface area contributed by atoms with Crippen LogP contribution in [0, 0.1) is 0 Å². The fourth-order valence-corrected chi connectivity index (χ4v) is 7.17. The van der Waals surface area contributed by atoms with Gasteiger partial charge in [0.25, 0.3) is 0 Å². The number of fused-ring (bicyclic) bond motifs is 6. The predicted octanol–water partition coefficient (Wildman–Crippen LogP) is 7.52. The van der Waals surface area contributed by atoms with Crippen molar-refractivity contribution >= 4 is 33.7 Å². The maximum Gasteiger partial charge on any atom is 0.0737 e.